The highest BCUT2D eigenvalue weighted by molar-refractivity contribution is 5.92. The minimum absolute atomic E-state index is 0.0387. The molecule has 196 valence electrons. The number of hydrogen-bond donors (Lipinski definition) is 1. The van der Waals surface area contributed by atoms with Gasteiger partial charge in [-0.1, -0.05) is 34.6 Å². The van der Waals surface area contributed by atoms with Crippen molar-refractivity contribution in [2.75, 3.05) is 14.1 Å². The summed E-state index contributed by atoms with van der Waals surface area (Å²) in [5, 5.41) is 11.5. The second-order valence-electron chi connectivity index (χ2n) is 15.3. The van der Waals surface area contributed by atoms with Crippen molar-refractivity contribution in [2.24, 2.45) is 55.7 Å². The molecule has 6 aliphatic rings. The van der Waals surface area contributed by atoms with Crippen LogP contribution in [0.5, 0.6) is 0 Å². The van der Waals surface area contributed by atoms with Gasteiger partial charge in [-0.05, 0) is 112 Å². The lowest BCUT2D eigenvalue weighted by Crippen LogP contribution is -2.62. The molecule has 0 amide bonds. The monoisotopic (exact) mass is 482 g/mol. The molecule has 0 unspecified atom stereocenters. The van der Waals surface area contributed by atoms with E-state index in [9.17, 15) is 9.90 Å². The Morgan fingerprint density at radius 3 is 2.34 bits per heavy atom. The van der Waals surface area contributed by atoms with Gasteiger partial charge < -0.3 is 10.0 Å². The van der Waals surface area contributed by atoms with Gasteiger partial charge in [0.05, 0.1) is 12.1 Å². The molecule has 1 heterocycles. The van der Waals surface area contributed by atoms with Gasteiger partial charge in [0.25, 0.3) is 0 Å². The SMILES string of the molecule is CC(C)C1=N[C@H]2CC[C@]34C[C@@]35C(=O)C[C@]3(C)[C@@H]([C@H](C)N(C)C)[C@H](O)C[C@@]3(C)[C@@H]5CC[C@H]4[C@]2(C)CC1. The second-order valence-corrected chi connectivity index (χ2v) is 15.3. The summed E-state index contributed by atoms with van der Waals surface area (Å²) in [6, 6.07) is 0.726. The van der Waals surface area contributed by atoms with E-state index in [0.29, 0.717) is 36.0 Å². The molecule has 4 nitrogen and oxygen atoms in total. The van der Waals surface area contributed by atoms with Crippen LogP contribution in [0.25, 0.3) is 0 Å². The average Bonchev–Trinajstić information content (AvgIpc) is 3.41. The van der Waals surface area contributed by atoms with E-state index >= 15 is 0 Å². The number of aliphatic hydroxyl groups excluding tert-OH is 1. The smallest absolute Gasteiger partial charge is 0.140 e. The van der Waals surface area contributed by atoms with E-state index in [2.05, 4.69) is 60.5 Å². The summed E-state index contributed by atoms with van der Waals surface area (Å²) < 4.78 is 0. The molecule has 0 radical (unpaired) electrons. The third-order valence-corrected chi connectivity index (χ3v) is 13.9. The first-order chi connectivity index (χ1) is 16.3. The predicted octanol–water partition coefficient (Wildman–Crippen LogP) is 5.76. The molecule has 5 saturated carbocycles. The topological polar surface area (TPSA) is 52.9 Å². The van der Waals surface area contributed by atoms with Crippen molar-refractivity contribution < 1.29 is 9.90 Å². The maximum atomic E-state index is 14.5. The molecule has 0 bridgehead atoms. The zero-order valence-electron chi connectivity index (χ0n) is 23.7. The van der Waals surface area contributed by atoms with E-state index in [1.807, 2.05) is 0 Å². The van der Waals surface area contributed by atoms with E-state index in [4.69, 9.17) is 4.99 Å². The fourth-order valence-corrected chi connectivity index (χ4v) is 11.8. The standard InChI is InChI=1S/C31H50N2O2/c1-18(2)20-11-13-27(4)22-9-10-23-28(5)15-21(34)26(19(3)33(7)8)29(28,6)16-25(35)31(23)17-30(22,31)14-12-24(27)32-20/h18-19,21-24,26,34H,9-17H2,1-8H3/t19-,21+,22-,23-,24-,26-,27-,28-,29+,30+,31+/m0/s1. The van der Waals surface area contributed by atoms with Crippen molar-refractivity contribution in [2.45, 2.75) is 118 Å². The van der Waals surface area contributed by atoms with Gasteiger partial charge in [-0.2, -0.15) is 0 Å². The molecule has 2 spiro atoms. The van der Waals surface area contributed by atoms with Gasteiger partial charge in [0.15, 0.2) is 0 Å². The van der Waals surface area contributed by atoms with Crippen LogP contribution in [0.4, 0.5) is 0 Å². The van der Waals surface area contributed by atoms with Crippen LogP contribution in [0.2, 0.25) is 0 Å². The Hall–Kier alpha value is -0.740. The number of rotatable bonds is 3. The number of carbonyl (C=O) groups excluding carboxylic acids is 1. The average molecular weight is 483 g/mol. The molecule has 1 aliphatic heterocycles. The van der Waals surface area contributed by atoms with Crippen molar-refractivity contribution in [3.05, 3.63) is 0 Å². The molecule has 0 aromatic heterocycles. The van der Waals surface area contributed by atoms with E-state index in [1.54, 1.807) is 0 Å². The lowest BCUT2D eigenvalue weighted by molar-refractivity contribution is -0.170. The number of fused-ring (bicyclic) bond motifs is 4. The number of ketones is 1. The van der Waals surface area contributed by atoms with Crippen molar-refractivity contribution in [1.29, 1.82) is 0 Å². The van der Waals surface area contributed by atoms with Gasteiger partial charge in [0.1, 0.15) is 5.78 Å². The van der Waals surface area contributed by atoms with E-state index < -0.39 is 0 Å². The number of Topliss-reactive ketones (excluding diaryl/α,β-unsaturated/α-hetero) is 1. The molecule has 0 aromatic carbocycles. The van der Waals surface area contributed by atoms with Crippen molar-refractivity contribution in [1.82, 2.24) is 4.90 Å². The third-order valence-electron chi connectivity index (χ3n) is 13.9. The van der Waals surface area contributed by atoms with Crippen molar-refractivity contribution >= 4 is 11.5 Å². The van der Waals surface area contributed by atoms with Crippen molar-refractivity contribution in [3.8, 4) is 0 Å². The first kappa shape index (κ1) is 24.6. The summed E-state index contributed by atoms with van der Waals surface area (Å²) >= 11 is 0. The Kier molecular flexibility index (Phi) is 5.07. The molecule has 1 N–H and O–H groups in total. The van der Waals surface area contributed by atoms with Crippen LogP contribution in [0.3, 0.4) is 0 Å². The molecule has 5 fully saturated rings. The fraction of sp³-hybridized carbons (Fsp3) is 0.935. The Morgan fingerprint density at radius 1 is 1.00 bits per heavy atom. The molecule has 0 aromatic rings. The number of carbonyl (C=O) groups is 1. The van der Waals surface area contributed by atoms with Gasteiger partial charge in [-0.15, -0.1) is 0 Å². The summed E-state index contributed by atoms with van der Waals surface area (Å²) in [5.41, 5.74) is 1.70. The maximum absolute atomic E-state index is 14.5. The minimum atomic E-state index is -0.312. The number of hydrogen-bond acceptors (Lipinski definition) is 4. The summed E-state index contributed by atoms with van der Waals surface area (Å²) in [6.45, 7) is 14.3. The van der Waals surface area contributed by atoms with Gasteiger partial charge in [-0.25, -0.2) is 0 Å². The van der Waals surface area contributed by atoms with E-state index in [-0.39, 0.29) is 45.1 Å². The van der Waals surface area contributed by atoms with Gasteiger partial charge in [0, 0.05) is 29.5 Å². The largest absolute Gasteiger partial charge is 0.393 e. The lowest BCUT2D eigenvalue weighted by Gasteiger charge is -2.63. The second kappa shape index (κ2) is 7.22. The van der Waals surface area contributed by atoms with Crippen LogP contribution >= 0.6 is 0 Å². The summed E-state index contributed by atoms with van der Waals surface area (Å²) in [4.78, 5) is 22.1. The molecule has 35 heavy (non-hydrogen) atoms. The number of aliphatic hydroxyl groups is 1. The first-order valence-corrected chi connectivity index (χ1v) is 14.7. The van der Waals surface area contributed by atoms with Gasteiger partial charge in [-0.3, -0.25) is 9.79 Å². The fourth-order valence-electron chi connectivity index (χ4n) is 11.8. The molecular formula is C31H50N2O2. The molecule has 6 rings (SSSR count). The highest BCUT2D eigenvalue weighted by atomic mass is 16.3. The molecule has 4 heteroatoms. The minimum Gasteiger partial charge on any atom is -0.393 e. The molecule has 11 atom stereocenters. The van der Waals surface area contributed by atoms with E-state index in [1.165, 1.54) is 37.8 Å². The van der Waals surface area contributed by atoms with Crippen LogP contribution in [0.1, 0.15) is 99.3 Å². The third kappa shape index (κ3) is 2.67. The quantitative estimate of drug-likeness (QED) is 0.556. The zero-order valence-corrected chi connectivity index (χ0v) is 23.7. The number of aliphatic imine (C=N–C) groups is 1. The number of nitrogens with zero attached hydrogens (tertiary/aromatic N) is 2. The summed E-state index contributed by atoms with van der Waals surface area (Å²) in [6.07, 6.45) is 9.56. The molecular weight excluding hydrogens is 432 g/mol. The maximum Gasteiger partial charge on any atom is 0.140 e. The highest BCUT2D eigenvalue weighted by Gasteiger charge is 2.86. The predicted molar refractivity (Wildman–Crippen MR) is 141 cm³/mol. The zero-order chi connectivity index (χ0) is 25.3. The van der Waals surface area contributed by atoms with Crippen LogP contribution in [-0.4, -0.2) is 53.8 Å². The normalized spacial score (nSPS) is 55.5. The van der Waals surface area contributed by atoms with Gasteiger partial charge in [0.2, 0.25) is 0 Å². The van der Waals surface area contributed by atoms with E-state index in [0.717, 1.165) is 19.3 Å². The first-order valence-electron chi connectivity index (χ1n) is 14.7. The summed E-state index contributed by atoms with van der Waals surface area (Å²) in [5.74, 6) is 2.36. The Balaban J connectivity index is 1.38. The highest BCUT2D eigenvalue weighted by Crippen LogP contribution is 2.88. The molecule has 5 aliphatic carbocycles. The Bertz CT molecular complexity index is 973. The van der Waals surface area contributed by atoms with Crippen LogP contribution in [-0.2, 0) is 4.79 Å². The van der Waals surface area contributed by atoms with Crippen LogP contribution in [0.15, 0.2) is 4.99 Å². The lowest BCUT2D eigenvalue weighted by atomic mass is 9.41. The Labute approximate surface area is 213 Å². The summed E-state index contributed by atoms with van der Waals surface area (Å²) in [7, 11) is 4.25. The molecule has 0 saturated heterocycles. The van der Waals surface area contributed by atoms with Crippen molar-refractivity contribution in [3.63, 3.8) is 0 Å². The van der Waals surface area contributed by atoms with Crippen LogP contribution in [0, 0.1) is 50.7 Å². The Morgan fingerprint density at radius 2 is 1.69 bits per heavy atom. The van der Waals surface area contributed by atoms with Crippen LogP contribution < -0.4 is 0 Å². The van der Waals surface area contributed by atoms with Gasteiger partial charge >= 0.3 is 0 Å².